The third kappa shape index (κ3) is 5.26. The molecule has 0 aliphatic carbocycles. The molecule has 1 N–H and O–H groups in total. The van der Waals surface area contributed by atoms with E-state index >= 15 is 0 Å². The van der Waals surface area contributed by atoms with Crippen molar-refractivity contribution in [3.63, 3.8) is 0 Å². The van der Waals surface area contributed by atoms with E-state index in [1.54, 1.807) is 28.8 Å². The van der Waals surface area contributed by atoms with E-state index in [0.29, 0.717) is 16.0 Å². The van der Waals surface area contributed by atoms with Gasteiger partial charge in [-0.2, -0.15) is 4.99 Å². The van der Waals surface area contributed by atoms with Gasteiger partial charge in [0.1, 0.15) is 6.54 Å². The van der Waals surface area contributed by atoms with Gasteiger partial charge in [0.25, 0.3) is 5.91 Å². The maximum Gasteiger partial charge on any atom is 0.325 e. The van der Waals surface area contributed by atoms with Gasteiger partial charge < -0.3 is 14.6 Å². The number of ether oxygens (including phenoxy) is 1. The third-order valence-electron chi connectivity index (χ3n) is 3.94. The lowest BCUT2D eigenvalue weighted by Crippen LogP contribution is -2.22. The lowest BCUT2D eigenvalue weighted by molar-refractivity contribution is -0.141. The molecule has 0 saturated heterocycles. The van der Waals surface area contributed by atoms with Crippen molar-refractivity contribution in [1.29, 1.82) is 0 Å². The van der Waals surface area contributed by atoms with Gasteiger partial charge in [-0.3, -0.25) is 14.4 Å². The largest absolute Gasteiger partial charge is 0.468 e. The van der Waals surface area contributed by atoms with Gasteiger partial charge >= 0.3 is 5.97 Å². The van der Waals surface area contributed by atoms with Crippen LogP contribution in [0.4, 0.5) is 5.69 Å². The second-order valence-corrected chi connectivity index (χ2v) is 7.11. The van der Waals surface area contributed by atoms with Crippen molar-refractivity contribution in [2.75, 3.05) is 12.4 Å². The number of nitrogens with zero attached hydrogens (tertiary/aromatic N) is 2. The number of rotatable bonds is 5. The van der Waals surface area contributed by atoms with Crippen LogP contribution in [0.15, 0.2) is 59.6 Å². The first-order chi connectivity index (χ1) is 14.0. The Bertz CT molecular complexity index is 1160. The Morgan fingerprint density at radius 1 is 1.17 bits per heavy atom. The Morgan fingerprint density at radius 2 is 1.93 bits per heavy atom. The molecule has 2 amide bonds. The number of aromatic nitrogens is 1. The number of benzene rings is 2. The summed E-state index contributed by atoms with van der Waals surface area (Å²) in [6.07, 6.45) is 3.06. The van der Waals surface area contributed by atoms with Crippen LogP contribution in [0.3, 0.4) is 0 Å². The van der Waals surface area contributed by atoms with Gasteiger partial charge in [0, 0.05) is 18.7 Å². The van der Waals surface area contributed by atoms with Crippen LogP contribution in [-0.4, -0.2) is 29.5 Å². The van der Waals surface area contributed by atoms with E-state index in [2.05, 4.69) is 10.3 Å². The summed E-state index contributed by atoms with van der Waals surface area (Å²) in [6, 6.07) is 14.7. The van der Waals surface area contributed by atoms with Crippen LogP contribution >= 0.6 is 11.3 Å². The second-order valence-electron chi connectivity index (χ2n) is 6.10. The molecule has 3 rings (SSSR count). The summed E-state index contributed by atoms with van der Waals surface area (Å²) >= 11 is 1.25. The topological polar surface area (TPSA) is 89.8 Å². The number of esters is 1. The lowest BCUT2D eigenvalue weighted by atomic mass is 10.2. The molecule has 7 nitrogen and oxygen atoms in total. The van der Waals surface area contributed by atoms with E-state index in [1.165, 1.54) is 31.4 Å². The highest BCUT2D eigenvalue weighted by Gasteiger charge is 2.12. The summed E-state index contributed by atoms with van der Waals surface area (Å²) in [5, 5.41) is 2.71. The van der Waals surface area contributed by atoms with E-state index in [4.69, 9.17) is 4.74 Å². The molecule has 0 aliphatic heterocycles. The third-order valence-corrected chi connectivity index (χ3v) is 4.98. The maximum absolute atomic E-state index is 12.3. The van der Waals surface area contributed by atoms with Crippen LogP contribution in [-0.2, 0) is 25.7 Å². The first kappa shape index (κ1) is 20.2. The highest BCUT2D eigenvalue weighted by Crippen LogP contribution is 2.22. The molecule has 148 valence electrons. The fraction of sp³-hybridized carbons (Fsp3) is 0.143. The Labute approximate surface area is 171 Å². The number of carbonyl (C=O) groups is 3. The first-order valence-corrected chi connectivity index (χ1v) is 9.57. The minimum absolute atomic E-state index is 0.0789. The molecule has 1 aromatic heterocycles. The molecule has 0 unspecified atom stereocenters. The van der Waals surface area contributed by atoms with Gasteiger partial charge in [0.2, 0.25) is 5.91 Å². The predicted octanol–water partition coefficient (Wildman–Crippen LogP) is 2.97. The van der Waals surface area contributed by atoms with Crippen molar-refractivity contribution in [1.82, 2.24) is 4.57 Å². The maximum atomic E-state index is 12.3. The number of thiazole rings is 1. The zero-order valence-corrected chi connectivity index (χ0v) is 16.7. The number of hydrogen-bond acceptors (Lipinski definition) is 5. The number of amides is 2. The molecular weight excluding hydrogens is 390 g/mol. The molecule has 0 bridgehead atoms. The Balaban J connectivity index is 2.01. The molecule has 0 radical (unpaired) electrons. The SMILES string of the molecule is COC(=O)Cn1c(=NC(=O)/C=C/c2ccccc2)sc2cc(NC(C)=O)ccc21. The average Bonchev–Trinajstić information content (AvgIpc) is 3.02. The number of hydrogen-bond donors (Lipinski definition) is 1. The normalized spacial score (nSPS) is 11.7. The van der Waals surface area contributed by atoms with Crippen molar-refractivity contribution in [2.24, 2.45) is 4.99 Å². The smallest absolute Gasteiger partial charge is 0.325 e. The number of fused-ring (bicyclic) bond motifs is 1. The predicted molar refractivity (Wildman–Crippen MR) is 112 cm³/mol. The number of methoxy groups -OCH3 is 1. The molecule has 8 heteroatoms. The van der Waals surface area contributed by atoms with Crippen LogP contribution in [0.2, 0.25) is 0 Å². The fourth-order valence-corrected chi connectivity index (χ4v) is 3.72. The van der Waals surface area contributed by atoms with E-state index in [0.717, 1.165) is 10.3 Å². The molecule has 1 heterocycles. The van der Waals surface area contributed by atoms with Crippen LogP contribution in [0.1, 0.15) is 12.5 Å². The van der Waals surface area contributed by atoms with Gasteiger partial charge in [-0.25, -0.2) is 0 Å². The Morgan fingerprint density at radius 3 is 2.62 bits per heavy atom. The van der Waals surface area contributed by atoms with Crippen molar-refractivity contribution >= 4 is 51.1 Å². The van der Waals surface area contributed by atoms with Gasteiger partial charge in [-0.1, -0.05) is 41.7 Å². The number of anilines is 1. The number of carbonyl (C=O) groups excluding carboxylic acids is 3. The summed E-state index contributed by atoms with van der Waals surface area (Å²) in [4.78, 5) is 40.0. The molecule has 0 fully saturated rings. The van der Waals surface area contributed by atoms with Crippen LogP contribution in [0.5, 0.6) is 0 Å². The minimum atomic E-state index is -0.454. The monoisotopic (exact) mass is 409 g/mol. The van der Waals surface area contributed by atoms with Gasteiger partial charge in [0.15, 0.2) is 4.80 Å². The van der Waals surface area contributed by atoms with Crippen molar-refractivity contribution in [3.8, 4) is 0 Å². The lowest BCUT2D eigenvalue weighted by Gasteiger charge is -2.05. The van der Waals surface area contributed by atoms with Crippen LogP contribution in [0.25, 0.3) is 16.3 Å². The van der Waals surface area contributed by atoms with E-state index in [1.807, 2.05) is 30.3 Å². The molecule has 0 spiro atoms. The van der Waals surface area contributed by atoms with Crippen molar-refractivity contribution in [3.05, 3.63) is 65.0 Å². The summed E-state index contributed by atoms with van der Waals surface area (Å²) in [6.45, 7) is 1.35. The Hall–Kier alpha value is -3.52. The zero-order valence-electron chi connectivity index (χ0n) is 15.9. The second kappa shape index (κ2) is 9.11. The van der Waals surface area contributed by atoms with Crippen LogP contribution in [0, 0.1) is 0 Å². The molecule has 2 aromatic carbocycles. The number of nitrogens with one attached hydrogen (secondary N) is 1. The molecule has 0 saturated carbocycles. The van der Waals surface area contributed by atoms with E-state index in [9.17, 15) is 14.4 Å². The van der Waals surface area contributed by atoms with E-state index in [-0.39, 0.29) is 12.5 Å². The molecular formula is C21H19N3O4S. The standard InChI is InChI=1S/C21H19N3O4S/c1-14(25)22-16-9-10-17-18(12-16)29-21(24(17)13-20(27)28-2)23-19(26)11-8-15-6-4-3-5-7-15/h3-12H,13H2,1-2H3,(H,22,25)/b11-8+,23-21?. The van der Waals surface area contributed by atoms with Crippen molar-refractivity contribution in [2.45, 2.75) is 13.5 Å². The van der Waals surface area contributed by atoms with Gasteiger partial charge in [0.05, 0.1) is 17.3 Å². The average molecular weight is 409 g/mol. The highest BCUT2D eigenvalue weighted by molar-refractivity contribution is 7.16. The first-order valence-electron chi connectivity index (χ1n) is 8.76. The summed E-state index contributed by atoms with van der Waals surface area (Å²) in [7, 11) is 1.30. The highest BCUT2D eigenvalue weighted by atomic mass is 32.1. The van der Waals surface area contributed by atoms with Gasteiger partial charge in [-0.15, -0.1) is 0 Å². The minimum Gasteiger partial charge on any atom is -0.468 e. The fourth-order valence-electron chi connectivity index (χ4n) is 2.65. The molecule has 29 heavy (non-hydrogen) atoms. The molecule has 0 atom stereocenters. The van der Waals surface area contributed by atoms with Gasteiger partial charge in [-0.05, 0) is 29.8 Å². The Kier molecular flexibility index (Phi) is 6.36. The summed E-state index contributed by atoms with van der Waals surface area (Å²) in [5.74, 6) is -1.08. The van der Waals surface area contributed by atoms with Crippen LogP contribution < -0.4 is 10.1 Å². The summed E-state index contributed by atoms with van der Waals surface area (Å²) in [5.41, 5.74) is 2.22. The molecule has 0 aliphatic rings. The van der Waals surface area contributed by atoms with E-state index < -0.39 is 11.9 Å². The molecule has 3 aromatic rings. The summed E-state index contributed by atoms with van der Waals surface area (Å²) < 4.78 is 7.16. The van der Waals surface area contributed by atoms with Crippen molar-refractivity contribution < 1.29 is 19.1 Å². The zero-order chi connectivity index (χ0) is 20.8. The quantitative estimate of drug-likeness (QED) is 0.518.